The minimum Gasteiger partial charge on any atom is -0.490 e. The molecule has 32 heavy (non-hydrogen) atoms. The second-order valence-corrected chi connectivity index (χ2v) is 10.1. The number of hydrogen-bond donors (Lipinski definition) is 1. The van der Waals surface area contributed by atoms with E-state index in [0.717, 1.165) is 28.9 Å². The molecule has 2 aromatic carbocycles. The summed E-state index contributed by atoms with van der Waals surface area (Å²) in [6.45, 7) is 1.72. The average molecular weight is 481 g/mol. The molecule has 170 valence electrons. The number of halogens is 3. The van der Waals surface area contributed by atoms with Crippen molar-refractivity contribution in [3.05, 3.63) is 83.0 Å². The molecular formula is C23H23ClF2N2O3S. The van der Waals surface area contributed by atoms with Gasteiger partial charge in [0.1, 0.15) is 10.7 Å². The van der Waals surface area contributed by atoms with Crippen LogP contribution in [-0.2, 0) is 10.0 Å². The number of rotatable bonds is 6. The van der Waals surface area contributed by atoms with Gasteiger partial charge in [-0.3, -0.25) is 4.31 Å². The molecule has 2 aromatic rings. The molecule has 0 aromatic heterocycles. The highest BCUT2D eigenvalue weighted by Crippen LogP contribution is 2.33. The van der Waals surface area contributed by atoms with E-state index < -0.39 is 26.6 Å². The Balaban J connectivity index is 1.51. The van der Waals surface area contributed by atoms with Crippen molar-refractivity contribution >= 4 is 21.6 Å². The van der Waals surface area contributed by atoms with Gasteiger partial charge in [-0.1, -0.05) is 35.9 Å². The molecule has 0 unspecified atom stereocenters. The molecule has 2 aliphatic heterocycles. The minimum atomic E-state index is -4.21. The lowest BCUT2D eigenvalue weighted by atomic mass is 9.81. The topological polar surface area (TPSA) is 58.6 Å². The van der Waals surface area contributed by atoms with E-state index >= 15 is 0 Å². The van der Waals surface area contributed by atoms with Crippen molar-refractivity contribution in [1.29, 1.82) is 0 Å². The predicted octanol–water partition coefficient (Wildman–Crippen LogP) is 4.46. The summed E-state index contributed by atoms with van der Waals surface area (Å²) in [4.78, 5) is -0.722. The van der Waals surface area contributed by atoms with Gasteiger partial charge >= 0.3 is 0 Å². The quantitative estimate of drug-likeness (QED) is 0.663. The highest BCUT2D eigenvalue weighted by molar-refractivity contribution is 7.89. The van der Waals surface area contributed by atoms with Crippen LogP contribution >= 0.6 is 11.6 Å². The first-order valence-electron chi connectivity index (χ1n) is 10.3. The number of nitrogens with one attached hydrogen (secondary N) is 1. The lowest BCUT2D eigenvalue weighted by Gasteiger charge is -2.32. The molecule has 0 saturated carbocycles. The molecule has 2 aliphatic rings. The van der Waals surface area contributed by atoms with Gasteiger partial charge in [-0.15, -0.1) is 0 Å². The van der Waals surface area contributed by atoms with Gasteiger partial charge in [-0.2, -0.15) is 0 Å². The van der Waals surface area contributed by atoms with E-state index in [4.69, 9.17) is 16.3 Å². The van der Waals surface area contributed by atoms with Crippen LogP contribution in [0.25, 0.3) is 0 Å². The molecule has 1 saturated heterocycles. The average Bonchev–Trinajstić information content (AvgIpc) is 2.80. The first kappa shape index (κ1) is 22.8. The molecular weight excluding hydrogens is 458 g/mol. The van der Waals surface area contributed by atoms with Crippen LogP contribution in [-0.4, -0.2) is 39.0 Å². The summed E-state index contributed by atoms with van der Waals surface area (Å²) < 4.78 is 61.4. The number of benzene rings is 2. The SMILES string of the molecule is O=S(=O)(c1cc(F)c(OC[C@@H]2CNCC[C@H]2c2ccc(Cl)cc2)cc1F)N1C=CC=CC1. The van der Waals surface area contributed by atoms with Crippen LogP contribution in [0.3, 0.4) is 0 Å². The Morgan fingerprint density at radius 2 is 1.91 bits per heavy atom. The predicted molar refractivity (Wildman–Crippen MR) is 119 cm³/mol. The zero-order valence-electron chi connectivity index (χ0n) is 17.2. The molecule has 0 spiro atoms. The third kappa shape index (κ3) is 4.82. The molecule has 2 atom stereocenters. The Morgan fingerprint density at radius 1 is 1.12 bits per heavy atom. The molecule has 1 fully saturated rings. The third-order valence-electron chi connectivity index (χ3n) is 5.72. The van der Waals surface area contributed by atoms with Crippen LogP contribution in [0.5, 0.6) is 5.75 Å². The van der Waals surface area contributed by atoms with Crippen molar-refractivity contribution < 1.29 is 21.9 Å². The van der Waals surface area contributed by atoms with Crippen LogP contribution in [0.2, 0.25) is 5.02 Å². The molecule has 5 nitrogen and oxygen atoms in total. The molecule has 0 amide bonds. The number of ether oxygens (including phenoxy) is 1. The monoisotopic (exact) mass is 480 g/mol. The van der Waals surface area contributed by atoms with E-state index in [9.17, 15) is 17.2 Å². The fourth-order valence-corrected chi connectivity index (χ4v) is 5.47. The van der Waals surface area contributed by atoms with Gasteiger partial charge in [0.2, 0.25) is 0 Å². The van der Waals surface area contributed by atoms with Gasteiger partial charge in [0.05, 0.1) is 13.2 Å². The van der Waals surface area contributed by atoms with E-state index in [1.54, 1.807) is 12.2 Å². The van der Waals surface area contributed by atoms with Crippen LogP contribution in [0.1, 0.15) is 17.9 Å². The van der Waals surface area contributed by atoms with Gasteiger partial charge < -0.3 is 10.1 Å². The maximum atomic E-state index is 14.7. The highest BCUT2D eigenvalue weighted by atomic mass is 35.5. The number of hydrogen-bond acceptors (Lipinski definition) is 4. The third-order valence-corrected chi connectivity index (χ3v) is 7.73. The fourth-order valence-electron chi connectivity index (χ4n) is 4.02. The van der Waals surface area contributed by atoms with Crippen molar-refractivity contribution in [2.75, 3.05) is 26.2 Å². The van der Waals surface area contributed by atoms with Crippen molar-refractivity contribution in [3.63, 3.8) is 0 Å². The second kappa shape index (κ2) is 9.60. The van der Waals surface area contributed by atoms with E-state index in [1.165, 1.54) is 12.3 Å². The van der Waals surface area contributed by atoms with E-state index in [1.807, 2.05) is 24.3 Å². The molecule has 2 heterocycles. The zero-order valence-corrected chi connectivity index (χ0v) is 18.8. The maximum absolute atomic E-state index is 14.7. The van der Waals surface area contributed by atoms with Crippen molar-refractivity contribution in [1.82, 2.24) is 9.62 Å². The van der Waals surface area contributed by atoms with E-state index in [0.29, 0.717) is 17.6 Å². The standard InChI is InChI=1S/C23H23ClF2N2O3S/c24-18-6-4-16(5-7-18)19-8-9-27-14-17(19)15-31-22-12-21(26)23(13-20(22)25)32(29,30)28-10-2-1-3-11-28/h1-7,10,12-13,17,19,27H,8-9,11,14-15H2/t17-,19-/m0/s1. The van der Waals surface area contributed by atoms with Gasteiger partial charge in [0, 0.05) is 35.8 Å². The molecule has 4 rings (SSSR count). The Kier molecular flexibility index (Phi) is 6.83. The summed E-state index contributed by atoms with van der Waals surface area (Å²) in [6, 6.07) is 9.09. The fraction of sp³-hybridized carbons (Fsp3) is 0.304. The van der Waals surface area contributed by atoms with Crippen molar-refractivity contribution in [2.24, 2.45) is 5.92 Å². The van der Waals surface area contributed by atoms with Crippen LogP contribution in [0.15, 0.2) is 65.7 Å². The zero-order chi connectivity index (χ0) is 22.7. The maximum Gasteiger partial charge on any atom is 0.267 e. The summed E-state index contributed by atoms with van der Waals surface area (Å²) in [5.74, 6) is -2.08. The van der Waals surface area contributed by atoms with Gasteiger partial charge in [0.25, 0.3) is 10.0 Å². The molecule has 0 radical (unpaired) electrons. The van der Waals surface area contributed by atoms with Crippen LogP contribution < -0.4 is 10.1 Å². The number of piperidine rings is 1. The Labute approximate surface area is 191 Å². The molecule has 0 bridgehead atoms. The largest absolute Gasteiger partial charge is 0.490 e. The smallest absolute Gasteiger partial charge is 0.267 e. The Hall–Kier alpha value is -2.42. The van der Waals surface area contributed by atoms with Gasteiger partial charge in [-0.25, -0.2) is 17.2 Å². The molecule has 1 N–H and O–H groups in total. The highest BCUT2D eigenvalue weighted by Gasteiger charge is 2.29. The first-order valence-corrected chi connectivity index (χ1v) is 12.1. The Bertz CT molecular complexity index is 1140. The van der Waals surface area contributed by atoms with Crippen molar-refractivity contribution in [2.45, 2.75) is 17.2 Å². The van der Waals surface area contributed by atoms with E-state index in [-0.39, 0.29) is 30.7 Å². The summed E-state index contributed by atoms with van der Waals surface area (Å²) in [5, 5.41) is 3.95. The summed E-state index contributed by atoms with van der Waals surface area (Å²) in [5.41, 5.74) is 1.11. The van der Waals surface area contributed by atoms with Gasteiger partial charge in [-0.05, 0) is 42.7 Å². The summed E-state index contributed by atoms with van der Waals surface area (Å²) in [7, 11) is -4.21. The number of nitrogens with zero attached hydrogens (tertiary/aromatic N) is 1. The number of sulfonamides is 1. The molecule has 9 heteroatoms. The minimum absolute atomic E-state index is 0.0288. The summed E-state index contributed by atoms with van der Waals surface area (Å²) >= 11 is 5.99. The first-order chi connectivity index (χ1) is 15.4. The normalized spacial score (nSPS) is 21.0. The van der Waals surface area contributed by atoms with Crippen LogP contribution in [0, 0.1) is 17.6 Å². The van der Waals surface area contributed by atoms with Crippen LogP contribution in [0.4, 0.5) is 8.78 Å². The summed E-state index contributed by atoms with van der Waals surface area (Å²) in [6.07, 6.45) is 6.99. The van der Waals surface area contributed by atoms with Crippen molar-refractivity contribution in [3.8, 4) is 5.75 Å². The lowest BCUT2D eigenvalue weighted by molar-refractivity contribution is 0.190. The Morgan fingerprint density at radius 3 is 2.62 bits per heavy atom. The number of allylic oxidation sites excluding steroid dienone is 2. The van der Waals surface area contributed by atoms with Gasteiger partial charge in [0.15, 0.2) is 11.6 Å². The lowest BCUT2D eigenvalue weighted by Crippen LogP contribution is -2.38. The second-order valence-electron chi connectivity index (χ2n) is 7.78. The molecule has 0 aliphatic carbocycles. The van der Waals surface area contributed by atoms with E-state index in [2.05, 4.69) is 5.32 Å².